The molecule has 7 heteroatoms. The SMILES string of the molecule is CCCN(C)C(=O)c1cc(S(=O)(=O)Cl)cn1C(C)C. The first-order valence-corrected chi connectivity index (χ1v) is 8.41. The lowest BCUT2D eigenvalue weighted by Crippen LogP contribution is -2.29. The summed E-state index contributed by atoms with van der Waals surface area (Å²) in [5.41, 5.74) is 0.338. The first-order valence-electron chi connectivity index (χ1n) is 6.10. The molecule has 0 aliphatic rings. The number of carbonyl (C=O) groups excluding carboxylic acids is 1. The van der Waals surface area contributed by atoms with Crippen LogP contribution in [0.5, 0.6) is 0 Å². The maximum Gasteiger partial charge on any atom is 0.270 e. The Morgan fingerprint density at radius 3 is 2.47 bits per heavy atom. The molecule has 1 aromatic heterocycles. The number of carbonyl (C=O) groups is 1. The fourth-order valence-corrected chi connectivity index (χ4v) is 2.56. The average Bonchev–Trinajstić information content (AvgIpc) is 2.72. The molecule has 0 fully saturated rings. The van der Waals surface area contributed by atoms with E-state index in [1.165, 1.54) is 12.3 Å². The molecule has 0 spiro atoms. The third kappa shape index (κ3) is 3.73. The maximum absolute atomic E-state index is 12.3. The van der Waals surface area contributed by atoms with Gasteiger partial charge in [-0.15, -0.1) is 0 Å². The summed E-state index contributed by atoms with van der Waals surface area (Å²) in [5.74, 6) is -0.206. The van der Waals surface area contributed by atoms with Crippen LogP contribution >= 0.6 is 10.7 Å². The van der Waals surface area contributed by atoms with Crippen LogP contribution in [0.25, 0.3) is 0 Å². The zero-order valence-corrected chi connectivity index (χ0v) is 13.1. The van der Waals surface area contributed by atoms with Gasteiger partial charge in [-0.1, -0.05) is 6.92 Å². The normalized spacial score (nSPS) is 11.9. The van der Waals surface area contributed by atoms with Crippen molar-refractivity contribution in [2.24, 2.45) is 0 Å². The summed E-state index contributed by atoms with van der Waals surface area (Å²) in [6.45, 7) is 6.34. The van der Waals surface area contributed by atoms with Crippen molar-refractivity contribution >= 4 is 25.6 Å². The topological polar surface area (TPSA) is 59.4 Å². The number of halogens is 1. The Bertz CT molecular complexity index is 564. The smallest absolute Gasteiger partial charge is 0.270 e. The van der Waals surface area contributed by atoms with Gasteiger partial charge < -0.3 is 9.47 Å². The third-order valence-corrected chi connectivity index (χ3v) is 4.11. The lowest BCUT2D eigenvalue weighted by Gasteiger charge is -2.19. The second kappa shape index (κ2) is 5.96. The molecule has 0 bridgehead atoms. The molecule has 0 radical (unpaired) electrons. The molecule has 0 unspecified atom stereocenters. The van der Waals surface area contributed by atoms with Gasteiger partial charge in [0.2, 0.25) is 0 Å². The molecule has 0 saturated heterocycles. The standard InChI is InChI=1S/C12H19ClN2O3S/c1-5-6-14(4)12(16)11-7-10(19(13,17)18)8-15(11)9(2)3/h7-9H,5-6H2,1-4H3. The summed E-state index contributed by atoms with van der Waals surface area (Å²) in [6, 6.07) is 1.30. The largest absolute Gasteiger partial charge is 0.340 e. The number of aromatic nitrogens is 1. The zero-order valence-electron chi connectivity index (χ0n) is 11.6. The molecule has 1 rings (SSSR count). The number of amides is 1. The highest BCUT2D eigenvalue weighted by Crippen LogP contribution is 2.22. The van der Waals surface area contributed by atoms with Crippen molar-refractivity contribution in [1.29, 1.82) is 0 Å². The van der Waals surface area contributed by atoms with Gasteiger partial charge in [0.05, 0.1) is 0 Å². The summed E-state index contributed by atoms with van der Waals surface area (Å²) < 4.78 is 24.4. The molecule has 0 aromatic carbocycles. The summed E-state index contributed by atoms with van der Waals surface area (Å²) in [6.07, 6.45) is 2.24. The summed E-state index contributed by atoms with van der Waals surface area (Å²) in [4.78, 5) is 13.8. The van der Waals surface area contributed by atoms with Crippen molar-refractivity contribution in [2.45, 2.75) is 38.1 Å². The minimum atomic E-state index is -3.83. The molecule has 0 aliphatic carbocycles. The van der Waals surface area contributed by atoms with E-state index in [0.29, 0.717) is 12.2 Å². The number of rotatable bonds is 5. The molecule has 1 amide bonds. The van der Waals surface area contributed by atoms with Gasteiger partial charge >= 0.3 is 0 Å². The van der Waals surface area contributed by atoms with Crippen LogP contribution in [0.4, 0.5) is 0 Å². The summed E-state index contributed by atoms with van der Waals surface area (Å²) in [7, 11) is 3.19. The van der Waals surface area contributed by atoms with Gasteiger partial charge in [-0.05, 0) is 26.3 Å². The molecule has 19 heavy (non-hydrogen) atoms. The fourth-order valence-electron chi connectivity index (χ4n) is 1.82. The van der Waals surface area contributed by atoms with Gasteiger partial charge in [-0.2, -0.15) is 0 Å². The van der Waals surface area contributed by atoms with Gasteiger partial charge in [0.1, 0.15) is 10.6 Å². The number of hydrogen-bond donors (Lipinski definition) is 0. The third-order valence-electron chi connectivity index (χ3n) is 2.79. The van der Waals surface area contributed by atoms with Crippen LogP contribution in [-0.2, 0) is 9.05 Å². The highest BCUT2D eigenvalue weighted by Gasteiger charge is 2.22. The fraction of sp³-hybridized carbons (Fsp3) is 0.583. The molecule has 5 nitrogen and oxygen atoms in total. The van der Waals surface area contributed by atoms with Gasteiger partial charge in [-0.25, -0.2) is 8.42 Å². The van der Waals surface area contributed by atoms with Crippen LogP contribution in [0.3, 0.4) is 0 Å². The monoisotopic (exact) mass is 306 g/mol. The number of hydrogen-bond acceptors (Lipinski definition) is 3. The van der Waals surface area contributed by atoms with Crippen molar-refractivity contribution < 1.29 is 13.2 Å². The van der Waals surface area contributed by atoms with E-state index in [2.05, 4.69) is 0 Å². The van der Waals surface area contributed by atoms with Gasteiger partial charge in [-0.3, -0.25) is 4.79 Å². The number of nitrogens with zero attached hydrogens (tertiary/aromatic N) is 2. The molecule has 0 aliphatic heterocycles. The van der Waals surface area contributed by atoms with Crippen LogP contribution in [0, 0.1) is 0 Å². The van der Waals surface area contributed by atoms with E-state index in [0.717, 1.165) is 6.42 Å². The molecular weight excluding hydrogens is 288 g/mol. The van der Waals surface area contributed by atoms with E-state index in [1.54, 1.807) is 16.5 Å². The van der Waals surface area contributed by atoms with Gasteiger partial charge in [0.25, 0.3) is 15.0 Å². The van der Waals surface area contributed by atoms with E-state index >= 15 is 0 Å². The Morgan fingerprint density at radius 1 is 1.47 bits per heavy atom. The minimum Gasteiger partial charge on any atom is -0.340 e. The first kappa shape index (κ1) is 16.0. The molecule has 1 heterocycles. The van der Waals surface area contributed by atoms with E-state index in [1.807, 2.05) is 20.8 Å². The Labute approximate surface area is 118 Å². The van der Waals surface area contributed by atoms with Crippen molar-refractivity contribution in [1.82, 2.24) is 9.47 Å². The van der Waals surface area contributed by atoms with Crippen molar-refractivity contribution in [2.75, 3.05) is 13.6 Å². The predicted octanol–water partition coefficient (Wildman–Crippen LogP) is 2.48. The van der Waals surface area contributed by atoms with Crippen molar-refractivity contribution in [3.63, 3.8) is 0 Å². The highest BCUT2D eigenvalue weighted by molar-refractivity contribution is 8.13. The Kier molecular flexibility index (Phi) is 5.04. The molecule has 0 N–H and O–H groups in total. The lowest BCUT2D eigenvalue weighted by molar-refractivity contribution is 0.0783. The van der Waals surface area contributed by atoms with E-state index in [4.69, 9.17) is 10.7 Å². The lowest BCUT2D eigenvalue weighted by atomic mass is 10.3. The zero-order chi connectivity index (χ0) is 14.8. The minimum absolute atomic E-state index is 0.0267. The second-order valence-corrected chi connectivity index (χ2v) is 7.29. The highest BCUT2D eigenvalue weighted by atomic mass is 35.7. The van der Waals surface area contributed by atoms with Crippen LogP contribution in [0.15, 0.2) is 17.2 Å². The van der Waals surface area contributed by atoms with Crippen LogP contribution in [0.2, 0.25) is 0 Å². The Hall–Kier alpha value is -1.01. The van der Waals surface area contributed by atoms with Crippen molar-refractivity contribution in [3.8, 4) is 0 Å². The van der Waals surface area contributed by atoms with Crippen LogP contribution < -0.4 is 0 Å². The molecule has 0 atom stereocenters. The summed E-state index contributed by atoms with van der Waals surface area (Å²) >= 11 is 0. The molecule has 108 valence electrons. The van der Waals surface area contributed by atoms with Crippen LogP contribution in [0.1, 0.15) is 43.7 Å². The van der Waals surface area contributed by atoms with Crippen molar-refractivity contribution in [3.05, 3.63) is 18.0 Å². The molecule has 1 aromatic rings. The molecule has 0 saturated carbocycles. The Morgan fingerprint density at radius 2 is 2.05 bits per heavy atom. The Balaban J connectivity index is 3.26. The quantitative estimate of drug-likeness (QED) is 0.785. The molecular formula is C12H19ClN2O3S. The second-order valence-electron chi connectivity index (χ2n) is 4.73. The van der Waals surface area contributed by atoms with Gasteiger partial charge in [0.15, 0.2) is 0 Å². The average molecular weight is 307 g/mol. The maximum atomic E-state index is 12.3. The van der Waals surface area contributed by atoms with E-state index < -0.39 is 9.05 Å². The van der Waals surface area contributed by atoms with Crippen LogP contribution in [-0.4, -0.2) is 37.4 Å². The van der Waals surface area contributed by atoms with E-state index in [-0.39, 0.29) is 16.8 Å². The van der Waals surface area contributed by atoms with Gasteiger partial charge in [0, 0.05) is 36.5 Å². The summed E-state index contributed by atoms with van der Waals surface area (Å²) in [5, 5.41) is 0. The predicted molar refractivity (Wildman–Crippen MR) is 75.1 cm³/mol. The van der Waals surface area contributed by atoms with E-state index in [9.17, 15) is 13.2 Å². The first-order chi connectivity index (χ1) is 8.68.